The van der Waals surface area contributed by atoms with Crippen LogP contribution in [0.2, 0.25) is 0 Å². The number of para-hydroxylation sites is 1. The summed E-state index contributed by atoms with van der Waals surface area (Å²) in [6, 6.07) is 13.4. The molecular weight excluding hydrogens is 352 g/mol. The van der Waals surface area contributed by atoms with Crippen LogP contribution in [-0.2, 0) is 4.74 Å². The second kappa shape index (κ2) is 7.15. The van der Waals surface area contributed by atoms with Crippen molar-refractivity contribution in [3.8, 4) is 11.3 Å². The Morgan fingerprint density at radius 1 is 1.07 bits per heavy atom. The van der Waals surface area contributed by atoms with Gasteiger partial charge in [-0.2, -0.15) is 0 Å². The first-order valence-corrected chi connectivity index (χ1v) is 8.92. The summed E-state index contributed by atoms with van der Waals surface area (Å²) in [6.45, 7) is 4.15. The molecule has 4 aromatic rings. The molecule has 0 saturated heterocycles. The van der Waals surface area contributed by atoms with Gasteiger partial charge in [0.2, 0.25) is 0 Å². The molecule has 0 aliphatic heterocycles. The van der Waals surface area contributed by atoms with Crippen molar-refractivity contribution in [2.45, 2.75) is 13.8 Å². The quantitative estimate of drug-likeness (QED) is 0.533. The second-order valence-electron chi connectivity index (χ2n) is 6.57. The van der Waals surface area contributed by atoms with Crippen LogP contribution >= 0.6 is 0 Å². The highest BCUT2D eigenvalue weighted by molar-refractivity contribution is 5.90. The summed E-state index contributed by atoms with van der Waals surface area (Å²) in [6.07, 6.45) is 5.33. The number of hydrogen-bond acceptors (Lipinski definition) is 5. The molecule has 1 N–H and O–H groups in total. The molecule has 2 aromatic heterocycles. The normalized spacial score (nSPS) is 10.8. The fraction of sp³-hybridized carbons (Fsp3) is 0.136. The number of nitrogens with zero attached hydrogens (tertiary/aromatic N) is 3. The summed E-state index contributed by atoms with van der Waals surface area (Å²) in [5.41, 5.74) is 6.27. The number of nitrogens with one attached hydrogen (secondary N) is 1. The molecule has 6 heteroatoms. The Morgan fingerprint density at radius 2 is 1.79 bits per heavy atom. The number of imidazole rings is 1. The Morgan fingerprint density at radius 3 is 2.46 bits per heavy atom. The van der Waals surface area contributed by atoms with Crippen LogP contribution < -0.4 is 5.32 Å². The van der Waals surface area contributed by atoms with E-state index in [0.717, 1.165) is 39.5 Å². The molecule has 6 nitrogen and oxygen atoms in total. The summed E-state index contributed by atoms with van der Waals surface area (Å²) >= 11 is 0. The molecule has 0 fully saturated rings. The van der Waals surface area contributed by atoms with Crippen molar-refractivity contribution in [3.63, 3.8) is 0 Å². The van der Waals surface area contributed by atoms with E-state index < -0.39 is 0 Å². The molecule has 0 saturated carbocycles. The molecule has 0 amide bonds. The van der Waals surface area contributed by atoms with Gasteiger partial charge in [0.1, 0.15) is 11.5 Å². The van der Waals surface area contributed by atoms with Crippen LogP contribution in [0.25, 0.3) is 16.9 Å². The number of ether oxygens (including phenoxy) is 1. The average molecular weight is 372 g/mol. The third kappa shape index (κ3) is 3.09. The van der Waals surface area contributed by atoms with Gasteiger partial charge in [-0.25, -0.2) is 9.78 Å². The number of fused-ring (bicyclic) bond motifs is 1. The monoisotopic (exact) mass is 372 g/mol. The minimum atomic E-state index is -0.361. The summed E-state index contributed by atoms with van der Waals surface area (Å²) in [5.74, 6) is 0.486. The SMILES string of the molecule is COC(=O)c1ccc(-c2nc3cnccn3c2Nc2c(C)cccc2C)cc1. The maximum Gasteiger partial charge on any atom is 0.337 e. The number of aromatic nitrogens is 3. The zero-order chi connectivity index (χ0) is 19.7. The van der Waals surface area contributed by atoms with Crippen LogP contribution in [0.4, 0.5) is 11.5 Å². The predicted molar refractivity (Wildman–Crippen MR) is 109 cm³/mol. The van der Waals surface area contributed by atoms with Gasteiger partial charge in [-0.3, -0.25) is 9.38 Å². The zero-order valence-electron chi connectivity index (χ0n) is 15.9. The fourth-order valence-corrected chi connectivity index (χ4v) is 3.24. The molecule has 2 heterocycles. The molecule has 0 spiro atoms. The van der Waals surface area contributed by atoms with Gasteiger partial charge >= 0.3 is 5.97 Å². The third-order valence-corrected chi connectivity index (χ3v) is 4.73. The largest absolute Gasteiger partial charge is 0.465 e. The lowest BCUT2D eigenvalue weighted by Gasteiger charge is -2.14. The lowest BCUT2D eigenvalue weighted by Crippen LogP contribution is -2.02. The van der Waals surface area contributed by atoms with Crippen LogP contribution in [0.15, 0.2) is 61.1 Å². The van der Waals surface area contributed by atoms with Gasteiger partial charge in [0.05, 0.1) is 18.9 Å². The summed E-state index contributed by atoms with van der Waals surface area (Å²) in [4.78, 5) is 20.7. The first kappa shape index (κ1) is 17.7. The van der Waals surface area contributed by atoms with E-state index >= 15 is 0 Å². The van der Waals surface area contributed by atoms with E-state index in [1.165, 1.54) is 7.11 Å². The van der Waals surface area contributed by atoms with Crippen molar-refractivity contribution in [2.24, 2.45) is 0 Å². The average Bonchev–Trinajstić information content (AvgIpc) is 3.09. The Balaban J connectivity index is 1.85. The van der Waals surface area contributed by atoms with E-state index in [0.29, 0.717) is 5.56 Å². The first-order valence-electron chi connectivity index (χ1n) is 8.92. The van der Waals surface area contributed by atoms with Crippen LogP contribution in [0.3, 0.4) is 0 Å². The lowest BCUT2D eigenvalue weighted by molar-refractivity contribution is 0.0601. The van der Waals surface area contributed by atoms with Crippen molar-refractivity contribution in [1.29, 1.82) is 0 Å². The van der Waals surface area contributed by atoms with Crippen LogP contribution in [0.1, 0.15) is 21.5 Å². The van der Waals surface area contributed by atoms with Crippen molar-refractivity contribution < 1.29 is 9.53 Å². The van der Waals surface area contributed by atoms with Gasteiger partial charge in [-0.1, -0.05) is 30.3 Å². The fourth-order valence-electron chi connectivity index (χ4n) is 3.24. The molecule has 28 heavy (non-hydrogen) atoms. The van der Waals surface area contributed by atoms with Gasteiger partial charge in [0, 0.05) is 23.6 Å². The topological polar surface area (TPSA) is 68.5 Å². The highest BCUT2D eigenvalue weighted by atomic mass is 16.5. The van der Waals surface area contributed by atoms with E-state index in [2.05, 4.69) is 36.3 Å². The molecule has 4 rings (SSSR count). The molecule has 0 unspecified atom stereocenters. The van der Waals surface area contributed by atoms with E-state index in [1.807, 2.05) is 28.8 Å². The zero-order valence-corrected chi connectivity index (χ0v) is 15.9. The van der Waals surface area contributed by atoms with Gasteiger partial charge in [-0.15, -0.1) is 0 Å². The number of carbonyl (C=O) groups is 1. The lowest BCUT2D eigenvalue weighted by atomic mass is 10.1. The standard InChI is InChI=1S/C22H20N4O2/c1-14-5-4-6-15(2)19(14)25-21-20(24-18-13-23-11-12-26(18)21)16-7-9-17(10-8-16)22(27)28-3/h4-13,25H,1-3H3. The minimum Gasteiger partial charge on any atom is -0.465 e. The Bertz CT molecular complexity index is 1140. The van der Waals surface area contributed by atoms with Crippen LogP contribution in [-0.4, -0.2) is 27.4 Å². The number of methoxy groups -OCH3 is 1. The maximum atomic E-state index is 11.7. The molecular formula is C22H20N4O2. The van der Waals surface area contributed by atoms with Gasteiger partial charge in [0.25, 0.3) is 0 Å². The van der Waals surface area contributed by atoms with Gasteiger partial charge < -0.3 is 10.1 Å². The molecule has 2 aromatic carbocycles. The maximum absolute atomic E-state index is 11.7. The Hall–Kier alpha value is -3.67. The summed E-state index contributed by atoms with van der Waals surface area (Å²) in [5, 5.41) is 3.56. The van der Waals surface area contributed by atoms with Crippen molar-refractivity contribution >= 4 is 23.1 Å². The number of carbonyl (C=O) groups excluding carboxylic acids is 1. The summed E-state index contributed by atoms with van der Waals surface area (Å²) < 4.78 is 6.75. The number of esters is 1. The first-order chi connectivity index (χ1) is 13.6. The number of anilines is 2. The molecule has 0 atom stereocenters. The molecule has 0 bridgehead atoms. The Kier molecular flexibility index (Phi) is 4.53. The van der Waals surface area contributed by atoms with Crippen molar-refractivity contribution in [1.82, 2.24) is 14.4 Å². The summed E-state index contributed by atoms with van der Waals surface area (Å²) in [7, 11) is 1.37. The molecule has 0 aliphatic rings. The second-order valence-corrected chi connectivity index (χ2v) is 6.57. The van der Waals surface area contributed by atoms with Gasteiger partial charge in [0.15, 0.2) is 5.65 Å². The van der Waals surface area contributed by atoms with E-state index in [9.17, 15) is 4.79 Å². The number of benzene rings is 2. The van der Waals surface area contributed by atoms with Gasteiger partial charge in [-0.05, 0) is 37.1 Å². The Labute approximate surface area is 162 Å². The molecule has 0 aliphatic carbocycles. The third-order valence-electron chi connectivity index (χ3n) is 4.73. The molecule has 140 valence electrons. The number of aryl methyl sites for hydroxylation is 2. The predicted octanol–water partition coefficient (Wildman–Crippen LogP) is 4.54. The van der Waals surface area contributed by atoms with Crippen LogP contribution in [0.5, 0.6) is 0 Å². The van der Waals surface area contributed by atoms with Crippen LogP contribution in [0, 0.1) is 13.8 Å². The van der Waals surface area contributed by atoms with E-state index in [4.69, 9.17) is 9.72 Å². The number of rotatable bonds is 4. The highest BCUT2D eigenvalue weighted by Crippen LogP contribution is 2.33. The van der Waals surface area contributed by atoms with Crippen molar-refractivity contribution in [2.75, 3.05) is 12.4 Å². The smallest absolute Gasteiger partial charge is 0.337 e. The molecule has 0 radical (unpaired) electrons. The minimum absolute atomic E-state index is 0.361. The van der Waals surface area contributed by atoms with E-state index in [-0.39, 0.29) is 5.97 Å². The van der Waals surface area contributed by atoms with E-state index in [1.54, 1.807) is 24.5 Å². The highest BCUT2D eigenvalue weighted by Gasteiger charge is 2.16. The van der Waals surface area contributed by atoms with Crippen molar-refractivity contribution in [3.05, 3.63) is 77.7 Å². The number of hydrogen-bond donors (Lipinski definition) is 1.